The van der Waals surface area contributed by atoms with E-state index in [4.69, 9.17) is 9.47 Å². The highest BCUT2D eigenvalue weighted by atomic mass is 16.5. The first kappa shape index (κ1) is 20.2. The van der Waals surface area contributed by atoms with E-state index in [2.05, 4.69) is 10.4 Å². The van der Waals surface area contributed by atoms with Crippen molar-refractivity contribution in [1.29, 1.82) is 0 Å². The van der Waals surface area contributed by atoms with Gasteiger partial charge >= 0.3 is 0 Å². The van der Waals surface area contributed by atoms with Gasteiger partial charge in [0.1, 0.15) is 5.75 Å². The van der Waals surface area contributed by atoms with E-state index in [-0.39, 0.29) is 11.3 Å². The van der Waals surface area contributed by atoms with Crippen molar-refractivity contribution in [1.82, 2.24) is 9.78 Å². The first-order valence-electron chi connectivity index (χ1n) is 9.83. The van der Waals surface area contributed by atoms with E-state index in [1.807, 2.05) is 31.2 Å². The van der Waals surface area contributed by atoms with Crippen molar-refractivity contribution in [2.24, 2.45) is 0 Å². The number of para-hydroxylation sites is 2. The van der Waals surface area contributed by atoms with Gasteiger partial charge in [0, 0.05) is 17.6 Å². The summed E-state index contributed by atoms with van der Waals surface area (Å²) in [5.74, 6) is 1.44. The Kier molecular flexibility index (Phi) is 5.66. The summed E-state index contributed by atoms with van der Waals surface area (Å²) in [6.45, 7) is 2.18. The Morgan fingerprint density at radius 2 is 1.58 bits per heavy atom. The number of carbonyl (C=O) groups excluding carboxylic acids is 1. The van der Waals surface area contributed by atoms with Crippen molar-refractivity contribution < 1.29 is 14.3 Å². The Morgan fingerprint density at radius 1 is 0.935 bits per heavy atom. The third-order valence-corrected chi connectivity index (χ3v) is 4.79. The quantitative estimate of drug-likeness (QED) is 0.502. The lowest BCUT2D eigenvalue weighted by molar-refractivity contribution is 0.102. The average molecular weight is 415 g/mol. The highest BCUT2D eigenvalue weighted by Gasteiger charge is 2.16. The topological polar surface area (TPSA) is 82.5 Å². The summed E-state index contributed by atoms with van der Waals surface area (Å²) < 4.78 is 12.4. The molecule has 0 bridgehead atoms. The summed E-state index contributed by atoms with van der Waals surface area (Å²) in [5, 5.41) is 8.08. The molecule has 0 saturated carbocycles. The van der Waals surface area contributed by atoms with Gasteiger partial charge in [-0.15, -0.1) is 0 Å². The minimum absolute atomic E-state index is 0.200. The molecule has 4 rings (SSSR count). The van der Waals surface area contributed by atoms with Gasteiger partial charge in [-0.3, -0.25) is 9.59 Å². The number of amides is 1. The molecule has 0 aliphatic carbocycles. The second-order valence-corrected chi connectivity index (χ2v) is 6.75. The molecule has 7 nitrogen and oxygen atoms in total. The van der Waals surface area contributed by atoms with Crippen molar-refractivity contribution >= 4 is 22.4 Å². The van der Waals surface area contributed by atoms with Crippen LogP contribution in [0.5, 0.6) is 17.2 Å². The highest BCUT2D eigenvalue weighted by Crippen LogP contribution is 2.31. The Morgan fingerprint density at radius 3 is 2.26 bits per heavy atom. The van der Waals surface area contributed by atoms with E-state index >= 15 is 0 Å². The fourth-order valence-electron chi connectivity index (χ4n) is 3.24. The lowest BCUT2D eigenvalue weighted by atomic mass is 10.1. The molecule has 0 radical (unpaired) electrons. The number of fused-ring (bicyclic) bond motifs is 1. The molecule has 7 heteroatoms. The molecule has 0 saturated heterocycles. The van der Waals surface area contributed by atoms with E-state index in [1.54, 1.807) is 55.6 Å². The number of methoxy groups -OCH3 is 1. The first-order valence-corrected chi connectivity index (χ1v) is 9.83. The minimum atomic E-state index is -0.392. The summed E-state index contributed by atoms with van der Waals surface area (Å²) in [5.41, 5.74) is 0.566. The van der Waals surface area contributed by atoms with Crippen LogP contribution < -0.4 is 20.3 Å². The van der Waals surface area contributed by atoms with E-state index in [0.29, 0.717) is 40.3 Å². The van der Waals surface area contributed by atoms with Crippen LogP contribution in [-0.2, 0) is 6.54 Å². The zero-order valence-corrected chi connectivity index (χ0v) is 17.2. The molecule has 1 N–H and O–H groups in total. The van der Waals surface area contributed by atoms with Gasteiger partial charge in [0.15, 0.2) is 17.2 Å². The number of anilines is 1. The number of nitrogens with one attached hydrogen (secondary N) is 1. The zero-order chi connectivity index (χ0) is 21.8. The summed E-state index contributed by atoms with van der Waals surface area (Å²) in [6, 6.07) is 21.3. The lowest BCUT2D eigenvalue weighted by Crippen LogP contribution is -2.27. The number of hydrogen-bond acceptors (Lipinski definition) is 5. The van der Waals surface area contributed by atoms with Crippen molar-refractivity contribution in [2.75, 3.05) is 12.4 Å². The molecule has 1 aromatic heterocycles. The van der Waals surface area contributed by atoms with E-state index < -0.39 is 5.91 Å². The molecular weight excluding hydrogens is 394 g/mol. The lowest BCUT2D eigenvalue weighted by Gasteiger charge is -2.12. The van der Waals surface area contributed by atoms with Gasteiger partial charge in [-0.25, -0.2) is 4.68 Å². The highest BCUT2D eigenvalue weighted by molar-refractivity contribution is 6.11. The van der Waals surface area contributed by atoms with Gasteiger partial charge in [0.25, 0.3) is 11.5 Å². The molecule has 1 amide bonds. The Labute approximate surface area is 178 Å². The van der Waals surface area contributed by atoms with Gasteiger partial charge in [-0.1, -0.05) is 30.3 Å². The van der Waals surface area contributed by atoms with Gasteiger partial charge in [-0.2, -0.15) is 5.10 Å². The van der Waals surface area contributed by atoms with Crippen LogP contribution in [-0.4, -0.2) is 22.8 Å². The van der Waals surface area contributed by atoms with Crippen molar-refractivity contribution in [3.63, 3.8) is 0 Å². The van der Waals surface area contributed by atoms with Gasteiger partial charge < -0.3 is 14.8 Å². The number of rotatable bonds is 6. The second kappa shape index (κ2) is 8.71. The third kappa shape index (κ3) is 4.11. The maximum atomic E-state index is 12.9. The van der Waals surface area contributed by atoms with Crippen LogP contribution in [0, 0.1) is 0 Å². The molecular formula is C24H21N3O4. The number of aromatic nitrogens is 2. The maximum absolute atomic E-state index is 12.9. The van der Waals surface area contributed by atoms with Crippen LogP contribution in [0.4, 0.5) is 5.69 Å². The van der Waals surface area contributed by atoms with Crippen LogP contribution >= 0.6 is 0 Å². The standard InChI is InChI=1S/C24H21N3O4/c1-3-27-24(29)19-9-5-4-8-18(19)22(26-27)23(28)25-16-12-14-17(15-13-16)31-21-11-7-6-10-20(21)30-2/h4-15H,3H2,1-2H3,(H,25,28). The molecule has 0 atom stereocenters. The predicted molar refractivity (Wildman–Crippen MR) is 119 cm³/mol. The third-order valence-electron chi connectivity index (χ3n) is 4.79. The largest absolute Gasteiger partial charge is 0.493 e. The fraction of sp³-hybridized carbons (Fsp3) is 0.125. The molecule has 156 valence electrons. The molecule has 0 aliphatic heterocycles. The summed E-state index contributed by atoms with van der Waals surface area (Å²) in [6.07, 6.45) is 0. The number of benzene rings is 3. The van der Waals surface area contributed by atoms with Crippen LogP contribution in [0.2, 0.25) is 0 Å². The maximum Gasteiger partial charge on any atom is 0.276 e. The fourth-order valence-corrected chi connectivity index (χ4v) is 3.24. The molecule has 0 fully saturated rings. The number of hydrogen-bond donors (Lipinski definition) is 1. The van der Waals surface area contributed by atoms with Crippen LogP contribution in [0.1, 0.15) is 17.4 Å². The van der Waals surface area contributed by atoms with E-state index in [0.717, 1.165) is 0 Å². The number of ether oxygens (including phenoxy) is 2. The molecule has 1 heterocycles. The van der Waals surface area contributed by atoms with Crippen LogP contribution in [0.25, 0.3) is 10.8 Å². The van der Waals surface area contributed by atoms with E-state index in [1.165, 1.54) is 4.68 Å². The Bertz CT molecular complexity index is 1300. The minimum Gasteiger partial charge on any atom is -0.493 e. The Hall–Kier alpha value is -4.13. The molecule has 0 unspecified atom stereocenters. The molecule has 31 heavy (non-hydrogen) atoms. The average Bonchev–Trinajstić information content (AvgIpc) is 2.81. The monoisotopic (exact) mass is 415 g/mol. The second-order valence-electron chi connectivity index (χ2n) is 6.75. The Balaban J connectivity index is 1.57. The van der Waals surface area contributed by atoms with Gasteiger partial charge in [0.2, 0.25) is 0 Å². The van der Waals surface area contributed by atoms with Crippen molar-refractivity contribution in [3.8, 4) is 17.2 Å². The summed E-state index contributed by atoms with van der Waals surface area (Å²) in [4.78, 5) is 25.4. The molecule has 4 aromatic rings. The van der Waals surface area contributed by atoms with Crippen molar-refractivity contribution in [3.05, 3.63) is 88.8 Å². The normalized spacial score (nSPS) is 10.6. The number of carbonyl (C=O) groups is 1. The predicted octanol–water partition coefficient (Wildman–Crippen LogP) is 4.47. The summed E-state index contributed by atoms with van der Waals surface area (Å²) in [7, 11) is 1.58. The zero-order valence-electron chi connectivity index (χ0n) is 17.2. The van der Waals surface area contributed by atoms with Crippen LogP contribution in [0.15, 0.2) is 77.6 Å². The SMILES string of the molecule is CCn1nc(C(=O)Nc2ccc(Oc3ccccc3OC)cc2)c2ccccc2c1=O. The van der Waals surface area contributed by atoms with E-state index in [9.17, 15) is 9.59 Å². The number of aryl methyl sites for hydroxylation is 1. The van der Waals surface area contributed by atoms with Crippen molar-refractivity contribution in [2.45, 2.75) is 13.5 Å². The molecule has 0 spiro atoms. The van der Waals surface area contributed by atoms with Crippen LogP contribution in [0.3, 0.4) is 0 Å². The smallest absolute Gasteiger partial charge is 0.276 e. The van der Waals surface area contributed by atoms with Gasteiger partial charge in [-0.05, 0) is 49.4 Å². The first-order chi connectivity index (χ1) is 15.1. The van der Waals surface area contributed by atoms with Gasteiger partial charge in [0.05, 0.1) is 12.5 Å². The molecule has 3 aromatic carbocycles. The molecule has 0 aliphatic rings. The number of nitrogens with zero attached hydrogens (tertiary/aromatic N) is 2. The summed E-state index contributed by atoms with van der Waals surface area (Å²) >= 11 is 0.